The first-order chi connectivity index (χ1) is 51.6. The molecule has 2 N–H and O–H groups in total. The number of ether oxygens (including phenoxy) is 2. The van der Waals surface area contributed by atoms with Gasteiger partial charge in [-0.2, -0.15) is 4.37 Å². The van der Waals surface area contributed by atoms with Crippen LogP contribution < -0.4 is 33.6 Å². The van der Waals surface area contributed by atoms with Gasteiger partial charge >= 0.3 is 0 Å². The van der Waals surface area contributed by atoms with E-state index in [1.54, 1.807) is 78.3 Å². The molecule has 26 nitrogen and oxygen atoms in total. The summed E-state index contributed by atoms with van der Waals surface area (Å²) in [5.41, 5.74) is 5.32. The van der Waals surface area contributed by atoms with Crippen molar-refractivity contribution in [3.8, 4) is 11.5 Å². The van der Waals surface area contributed by atoms with Crippen molar-refractivity contribution in [1.82, 2.24) is 48.1 Å². The molecule has 5 aliphatic rings. The number of rotatable bonds is 19. The Bertz CT molecular complexity index is 5380. The molecule has 3 saturated heterocycles. The van der Waals surface area contributed by atoms with Crippen LogP contribution >= 0.6 is 46.1 Å². The second-order valence-corrected chi connectivity index (χ2v) is 34.3. The maximum Gasteiger partial charge on any atom is 0.263 e. The maximum atomic E-state index is 13.5. The number of fused-ring (bicyclic) bond motifs is 3. The van der Waals surface area contributed by atoms with Crippen LogP contribution in [-0.4, -0.2) is 176 Å². The van der Waals surface area contributed by atoms with Crippen molar-refractivity contribution in [1.29, 1.82) is 0 Å². The van der Waals surface area contributed by atoms with Gasteiger partial charge in [-0.1, -0.05) is 35.3 Å². The number of aryl methyl sites for hydroxylation is 1. The van der Waals surface area contributed by atoms with E-state index >= 15 is 0 Å². The van der Waals surface area contributed by atoms with Gasteiger partial charge in [0.15, 0.2) is 26.5 Å². The number of thiazole rings is 1. The first-order valence-corrected chi connectivity index (χ1v) is 41.6. The second kappa shape index (κ2) is 31.5. The van der Waals surface area contributed by atoms with E-state index in [0.29, 0.717) is 106 Å². The van der Waals surface area contributed by atoms with Crippen molar-refractivity contribution in [2.45, 2.75) is 77.6 Å². The quantitative estimate of drug-likeness (QED) is 0.0760. The number of aromatic nitrogens is 7. The smallest absolute Gasteiger partial charge is 0.263 e. The molecular weight excluding hydrogens is 1510 g/mol. The highest BCUT2D eigenvalue weighted by molar-refractivity contribution is 7.93. The Hall–Kier alpha value is -9.89. The van der Waals surface area contributed by atoms with Gasteiger partial charge < -0.3 is 48.0 Å². The van der Waals surface area contributed by atoms with Crippen molar-refractivity contribution in [2.75, 3.05) is 103 Å². The summed E-state index contributed by atoms with van der Waals surface area (Å²) in [6, 6.07) is 43.0. The van der Waals surface area contributed by atoms with Crippen molar-refractivity contribution in [3.05, 3.63) is 210 Å². The highest BCUT2D eigenvalue weighted by Gasteiger charge is 2.53. The van der Waals surface area contributed by atoms with Crippen LogP contribution in [0.4, 0.5) is 27.3 Å². The molecule has 2 atom stereocenters. The lowest BCUT2D eigenvalue weighted by atomic mass is 9.93. The molecule has 5 aromatic heterocycles. The van der Waals surface area contributed by atoms with Gasteiger partial charge in [0, 0.05) is 181 Å². The molecule has 0 spiro atoms. The summed E-state index contributed by atoms with van der Waals surface area (Å²) in [4.78, 5) is 68.4. The number of hydrogen-bond acceptors (Lipinski definition) is 21. The highest BCUT2D eigenvalue weighted by Crippen LogP contribution is 2.52. The Morgan fingerprint density at radius 2 is 1.21 bits per heavy atom. The van der Waals surface area contributed by atoms with Crippen LogP contribution in [0.15, 0.2) is 203 Å². The summed E-state index contributed by atoms with van der Waals surface area (Å²) in [5, 5.41) is 5.72. The molecule has 4 fully saturated rings. The molecular formula is C74H81Cl2N15O11S5. The van der Waals surface area contributed by atoms with E-state index in [0.717, 1.165) is 74.6 Å². The Labute approximate surface area is 641 Å². The number of nitrogens with zero attached hydrogens (tertiary/aromatic N) is 13. The van der Waals surface area contributed by atoms with Crippen LogP contribution in [-0.2, 0) is 62.0 Å². The molecule has 11 aromatic rings. The lowest BCUT2D eigenvalue weighted by Crippen LogP contribution is -2.55. The minimum Gasteiger partial charge on any atom is -0.454 e. The predicted octanol–water partition coefficient (Wildman–Crippen LogP) is 11.8. The summed E-state index contributed by atoms with van der Waals surface area (Å²) in [7, 11) is -10.9. The minimum atomic E-state index is -3.71. The van der Waals surface area contributed by atoms with Crippen LogP contribution in [0.2, 0.25) is 10.0 Å². The third-order valence-electron chi connectivity index (χ3n) is 19.7. The number of hydrogen-bond donors (Lipinski definition) is 2. The molecule has 6 aromatic carbocycles. The van der Waals surface area contributed by atoms with Gasteiger partial charge in [0.1, 0.15) is 23.9 Å². The predicted molar refractivity (Wildman–Crippen MR) is 420 cm³/mol. The van der Waals surface area contributed by atoms with E-state index in [2.05, 4.69) is 53.0 Å². The summed E-state index contributed by atoms with van der Waals surface area (Å²) in [5.74, 6) is 1.83. The molecule has 107 heavy (non-hydrogen) atoms. The van der Waals surface area contributed by atoms with E-state index in [-0.39, 0.29) is 72.3 Å². The third-order valence-corrected chi connectivity index (χ3v) is 26.1. The number of sulfonamides is 2. The van der Waals surface area contributed by atoms with Crippen LogP contribution in [0.25, 0.3) is 21.8 Å². The zero-order valence-electron chi connectivity index (χ0n) is 58.2. The first-order valence-electron chi connectivity index (χ1n) is 34.6. The van der Waals surface area contributed by atoms with E-state index in [9.17, 15) is 39.6 Å². The number of carbonyl (C=O) groups excluding carboxylic acids is 3. The molecule has 0 radical (unpaired) electrons. The fraction of sp³-hybridized carbons (Fsp3) is 0.297. The molecule has 4 aliphatic heterocycles. The van der Waals surface area contributed by atoms with Gasteiger partial charge in [-0.25, -0.2) is 45.2 Å². The van der Waals surface area contributed by atoms with Crippen LogP contribution in [0.3, 0.4) is 0 Å². The van der Waals surface area contributed by atoms with E-state index in [4.69, 9.17) is 32.7 Å². The lowest BCUT2D eigenvalue weighted by Gasteiger charge is -2.42. The van der Waals surface area contributed by atoms with E-state index in [1.807, 2.05) is 124 Å². The standard InChI is InChI=1S/C26H26N4O5S.C25H26ClN5O3S2.C23H23ClN6O3S2.3H2/c31-25(26(8-9-26)19-2-7-22-23(16-19)35-18-34-22)30-14-12-29(13-15-30)20-3-5-21(6-4-20)36(32,33)17-24-27-10-1-11-28-24;1-17-16-29(21-5-7-22(8-6-21)36(33,34)28-25-27-10-14-35-25)12-13-30(17)24(32)18(2)31-11-9-19-3-4-20(26)15-23(19)31;24-18-1-6-21-17(15-18)7-9-29(21)10-8-22(31)30-13-11-28(12-14-30)19-2-4-20(5-3-19)35(32,33)27-23-25-16-26-34-23;;;/h1-7,10-11,16H,8-9,12-15,17-18H2;3-11,14-15,17-18H,12-13,16H2,1-2H3,(H,27,28);1-7,9,15-16H,8,10-14H2,(H,25,26,27);3*1H/t;17-,18+;;;;/m.1..../s1. The van der Waals surface area contributed by atoms with Crippen molar-refractivity contribution >= 4 is 143 Å². The minimum absolute atomic E-state index is 0. The van der Waals surface area contributed by atoms with Gasteiger partial charge in [0.05, 0.1) is 25.6 Å². The van der Waals surface area contributed by atoms with Gasteiger partial charge in [-0.05, 0) is 171 Å². The van der Waals surface area contributed by atoms with Crippen molar-refractivity contribution in [3.63, 3.8) is 0 Å². The first kappa shape index (κ1) is 74.0. The normalized spacial score (nSPS) is 16.7. The molecule has 1 aliphatic carbocycles. The largest absolute Gasteiger partial charge is 0.454 e. The number of carbonyl (C=O) groups is 3. The maximum absolute atomic E-state index is 13.5. The van der Waals surface area contributed by atoms with Gasteiger partial charge in [0.25, 0.3) is 20.0 Å². The molecule has 0 bridgehead atoms. The Balaban J connectivity index is 0.000000161. The van der Waals surface area contributed by atoms with Gasteiger partial charge in [0.2, 0.25) is 29.6 Å². The van der Waals surface area contributed by atoms with E-state index < -0.39 is 35.3 Å². The number of amides is 3. The summed E-state index contributed by atoms with van der Waals surface area (Å²) >= 11 is 14.5. The molecule has 1 saturated carbocycles. The summed E-state index contributed by atoms with van der Waals surface area (Å²) in [6.45, 7) is 11.9. The Kier molecular flexibility index (Phi) is 21.8. The fourth-order valence-corrected chi connectivity index (χ4v) is 18.7. The average molecular weight is 1590 g/mol. The summed E-state index contributed by atoms with van der Waals surface area (Å²) < 4.78 is 99.4. The lowest BCUT2D eigenvalue weighted by molar-refractivity contribution is -0.136. The van der Waals surface area contributed by atoms with Crippen LogP contribution in [0, 0.1) is 0 Å². The topological polar surface area (TPSA) is 290 Å². The SMILES string of the molecule is C[C@@H]1CN(c2ccc(S(=O)(=O)Nc3nccs3)cc2)CCN1C(=O)[C@H](C)n1ccc2ccc(Cl)cc21.O=C(CCn1ccc2cc(Cl)ccc21)N1CCN(c2ccc(S(=O)(=O)Nc3ncns3)cc2)CC1.O=C(N1CCN(c2ccc(S(=O)(=O)Cc3ncccn3)cc2)CC1)C1(c2ccc3c(c2)OCO3)CC1.[HH].[HH].[HH]. The van der Waals surface area contributed by atoms with Gasteiger partial charge in [-0.3, -0.25) is 23.8 Å². The highest BCUT2D eigenvalue weighted by atomic mass is 35.5. The Morgan fingerprint density at radius 1 is 0.607 bits per heavy atom. The van der Waals surface area contributed by atoms with Crippen molar-refractivity contribution in [2.24, 2.45) is 0 Å². The van der Waals surface area contributed by atoms with Gasteiger partial charge in [-0.15, -0.1) is 11.3 Å². The number of anilines is 5. The van der Waals surface area contributed by atoms with Crippen LogP contribution in [0.5, 0.6) is 11.5 Å². The molecule has 562 valence electrons. The van der Waals surface area contributed by atoms with E-state index in [1.165, 1.54) is 30.1 Å². The number of sulfone groups is 1. The number of nitrogens with one attached hydrogen (secondary N) is 2. The second-order valence-electron chi connectivity index (χ2n) is 26.4. The average Bonchev–Trinajstić information content (AvgIpc) is 1.58. The van der Waals surface area contributed by atoms with Crippen LogP contribution in [0.1, 0.15) is 54.8 Å². The Morgan fingerprint density at radius 3 is 1.83 bits per heavy atom. The number of piperazine rings is 3. The summed E-state index contributed by atoms with van der Waals surface area (Å²) in [6.07, 6.45) is 12.0. The fourth-order valence-electron chi connectivity index (χ4n) is 13.7. The molecule has 9 heterocycles. The molecule has 16 rings (SSSR count). The molecule has 0 unspecified atom stereocenters. The number of halogens is 2. The number of benzene rings is 6. The molecule has 33 heteroatoms. The zero-order chi connectivity index (χ0) is 74.6. The zero-order valence-corrected chi connectivity index (χ0v) is 63.8. The third kappa shape index (κ3) is 16.8. The molecule has 3 amide bonds. The van der Waals surface area contributed by atoms with Crippen molar-refractivity contribution < 1.29 is 53.4 Å². The monoisotopic (exact) mass is 1590 g/mol.